The number of nitrogens with one attached hydrogen (secondary N) is 1. The maximum absolute atomic E-state index is 8.44. The number of anilines is 2. The van der Waals surface area contributed by atoms with E-state index in [1.807, 2.05) is 0 Å². The van der Waals surface area contributed by atoms with Gasteiger partial charge in [-0.2, -0.15) is 0 Å². The summed E-state index contributed by atoms with van der Waals surface area (Å²) in [5.74, 6) is 0.962. The van der Waals surface area contributed by atoms with Gasteiger partial charge in [-0.1, -0.05) is 41.8 Å². The summed E-state index contributed by atoms with van der Waals surface area (Å²) in [4.78, 5) is 11.2. The minimum Gasteiger partial charge on any atom is -0.382 e. The van der Waals surface area contributed by atoms with E-state index in [-0.39, 0.29) is 11.5 Å². The minimum absolute atomic E-state index is 0.110. The zero-order chi connectivity index (χ0) is 19.9. The van der Waals surface area contributed by atoms with Crippen LogP contribution in [0.2, 0.25) is 10.0 Å². The number of piperidine rings is 1. The van der Waals surface area contributed by atoms with Gasteiger partial charge >= 0.3 is 0 Å². The van der Waals surface area contributed by atoms with Crippen LogP contribution in [0.3, 0.4) is 0 Å². The molecule has 4 rings (SSSR count). The fraction of sp³-hybridized carbons (Fsp3) is 0.450. The molecule has 1 aliphatic heterocycles. The van der Waals surface area contributed by atoms with E-state index in [4.69, 9.17) is 40.1 Å². The smallest absolute Gasteiger partial charge is 0.154 e. The highest BCUT2D eigenvalue weighted by molar-refractivity contribution is 6.44. The lowest BCUT2D eigenvalue weighted by Gasteiger charge is -2.42. The predicted octanol–water partition coefficient (Wildman–Crippen LogP) is 3.88. The number of aromatic nitrogens is 2. The third-order valence-corrected chi connectivity index (χ3v) is 7.12. The van der Waals surface area contributed by atoms with Crippen LogP contribution in [0.4, 0.5) is 11.6 Å². The molecule has 1 aromatic carbocycles. The van der Waals surface area contributed by atoms with Crippen molar-refractivity contribution < 1.29 is 0 Å². The molecule has 2 fully saturated rings. The van der Waals surface area contributed by atoms with Crippen molar-refractivity contribution in [3.05, 3.63) is 45.7 Å². The second kappa shape index (κ2) is 7.50. The van der Waals surface area contributed by atoms with Gasteiger partial charge in [0.25, 0.3) is 0 Å². The third kappa shape index (κ3) is 3.34. The minimum atomic E-state index is 0.110. The van der Waals surface area contributed by atoms with Crippen molar-refractivity contribution in [2.75, 3.05) is 23.7 Å². The Bertz CT molecular complexity index is 908. The quantitative estimate of drug-likeness (QED) is 0.655. The molecule has 1 saturated carbocycles. The van der Waals surface area contributed by atoms with Crippen LogP contribution in [-0.4, -0.2) is 34.8 Å². The van der Waals surface area contributed by atoms with Gasteiger partial charge in [-0.15, -0.1) is 0 Å². The molecule has 2 aromatic rings. The largest absolute Gasteiger partial charge is 0.382 e. The zero-order valence-electron chi connectivity index (χ0n) is 15.6. The van der Waals surface area contributed by atoms with Gasteiger partial charge in [-0.3, -0.25) is 5.41 Å². The van der Waals surface area contributed by atoms with Crippen LogP contribution in [0, 0.1) is 10.8 Å². The Morgan fingerprint density at radius 2 is 1.96 bits per heavy atom. The maximum atomic E-state index is 8.44. The van der Waals surface area contributed by atoms with Crippen LogP contribution in [0.1, 0.15) is 43.4 Å². The van der Waals surface area contributed by atoms with Gasteiger partial charge in [0.1, 0.15) is 11.5 Å². The first-order chi connectivity index (χ1) is 13.4. The van der Waals surface area contributed by atoms with Gasteiger partial charge in [0.2, 0.25) is 0 Å². The van der Waals surface area contributed by atoms with E-state index in [1.54, 1.807) is 24.4 Å². The van der Waals surface area contributed by atoms with Crippen LogP contribution in [0.15, 0.2) is 24.4 Å². The summed E-state index contributed by atoms with van der Waals surface area (Å²) in [5, 5.41) is 9.14. The highest BCUT2D eigenvalue weighted by Gasteiger charge is 2.43. The molecule has 0 radical (unpaired) electrons. The van der Waals surface area contributed by atoms with Crippen molar-refractivity contribution in [2.45, 2.75) is 38.1 Å². The number of benzene rings is 1. The number of nitrogens with zero attached hydrogens (tertiary/aromatic N) is 3. The molecule has 5 N–H and O–H groups in total. The zero-order valence-corrected chi connectivity index (χ0v) is 17.1. The fourth-order valence-corrected chi connectivity index (χ4v) is 4.93. The molecule has 1 atom stereocenters. The first-order valence-electron chi connectivity index (χ1n) is 9.58. The molecule has 2 aliphatic rings. The summed E-state index contributed by atoms with van der Waals surface area (Å²) >= 11 is 12.3. The third-order valence-electron chi connectivity index (χ3n) is 6.30. The lowest BCUT2D eigenvalue weighted by molar-refractivity contribution is 0.197. The Hall–Kier alpha value is -1.89. The highest BCUT2D eigenvalue weighted by Crippen LogP contribution is 2.45. The standard InChI is InChI=1S/C20H24Cl2N6/c21-13-4-1-3-12(16(13)22)17(24)18-19(25)27-15(11-26-18)28-9-7-20(8-10-28)6-2-5-14(20)23/h1,3-4,11,14,24H,2,5-10,23H2,(H2,25,27). The van der Waals surface area contributed by atoms with E-state index in [0.29, 0.717) is 32.8 Å². The second-order valence-electron chi connectivity index (χ2n) is 7.79. The summed E-state index contributed by atoms with van der Waals surface area (Å²) < 4.78 is 0. The Morgan fingerprint density at radius 1 is 1.21 bits per heavy atom. The monoisotopic (exact) mass is 418 g/mol. The van der Waals surface area contributed by atoms with E-state index in [0.717, 1.165) is 38.2 Å². The lowest BCUT2D eigenvalue weighted by Crippen LogP contribution is -2.47. The molecular weight excluding hydrogens is 395 g/mol. The molecule has 1 saturated heterocycles. The Balaban J connectivity index is 1.52. The van der Waals surface area contributed by atoms with Crippen LogP contribution in [-0.2, 0) is 0 Å². The number of halogens is 2. The van der Waals surface area contributed by atoms with Gasteiger partial charge in [0, 0.05) is 24.7 Å². The molecule has 0 amide bonds. The number of rotatable bonds is 3. The summed E-state index contributed by atoms with van der Waals surface area (Å²) in [7, 11) is 0. The van der Waals surface area contributed by atoms with Crippen molar-refractivity contribution >= 4 is 40.5 Å². The summed E-state index contributed by atoms with van der Waals surface area (Å²) in [5.41, 5.74) is 13.7. The Labute approximate surface area is 174 Å². The molecule has 1 aliphatic carbocycles. The molecular formula is C20H24Cl2N6. The van der Waals surface area contributed by atoms with E-state index >= 15 is 0 Å². The van der Waals surface area contributed by atoms with Crippen molar-refractivity contribution in [3.8, 4) is 0 Å². The molecule has 28 heavy (non-hydrogen) atoms. The Morgan fingerprint density at radius 3 is 2.61 bits per heavy atom. The van der Waals surface area contributed by atoms with Crippen LogP contribution < -0.4 is 16.4 Å². The van der Waals surface area contributed by atoms with Crippen molar-refractivity contribution in [1.82, 2.24) is 9.97 Å². The first-order valence-corrected chi connectivity index (χ1v) is 10.3. The molecule has 8 heteroatoms. The molecule has 148 valence electrons. The number of nitrogen functional groups attached to an aromatic ring is 1. The first kappa shape index (κ1) is 19.4. The highest BCUT2D eigenvalue weighted by atomic mass is 35.5. The summed E-state index contributed by atoms with van der Waals surface area (Å²) in [6, 6.07) is 5.46. The van der Waals surface area contributed by atoms with Crippen LogP contribution >= 0.6 is 23.2 Å². The second-order valence-corrected chi connectivity index (χ2v) is 8.57. The lowest BCUT2D eigenvalue weighted by atomic mass is 9.74. The van der Waals surface area contributed by atoms with Gasteiger partial charge in [-0.05, 0) is 37.2 Å². The molecule has 0 bridgehead atoms. The SMILES string of the molecule is N=C(c1cccc(Cl)c1Cl)c1ncc(N2CCC3(CCCC3N)CC2)nc1N. The average Bonchev–Trinajstić information content (AvgIpc) is 3.04. The molecule has 6 nitrogen and oxygen atoms in total. The van der Waals surface area contributed by atoms with Gasteiger partial charge in [0.15, 0.2) is 5.82 Å². The number of nitrogens with two attached hydrogens (primary N) is 2. The van der Waals surface area contributed by atoms with Crippen LogP contribution in [0.5, 0.6) is 0 Å². The van der Waals surface area contributed by atoms with Crippen molar-refractivity contribution in [1.29, 1.82) is 5.41 Å². The van der Waals surface area contributed by atoms with E-state index in [9.17, 15) is 0 Å². The maximum Gasteiger partial charge on any atom is 0.154 e. The van der Waals surface area contributed by atoms with Gasteiger partial charge in [-0.25, -0.2) is 9.97 Å². The van der Waals surface area contributed by atoms with E-state index in [2.05, 4.69) is 14.9 Å². The average molecular weight is 419 g/mol. The molecule has 1 spiro atoms. The molecule has 1 aromatic heterocycles. The topological polar surface area (TPSA) is 105 Å². The number of hydrogen-bond donors (Lipinski definition) is 3. The van der Waals surface area contributed by atoms with Crippen molar-refractivity contribution in [2.24, 2.45) is 11.1 Å². The van der Waals surface area contributed by atoms with Gasteiger partial charge < -0.3 is 16.4 Å². The molecule has 1 unspecified atom stereocenters. The van der Waals surface area contributed by atoms with Crippen molar-refractivity contribution in [3.63, 3.8) is 0 Å². The number of hydrogen-bond acceptors (Lipinski definition) is 6. The van der Waals surface area contributed by atoms with E-state index in [1.165, 1.54) is 12.8 Å². The van der Waals surface area contributed by atoms with Gasteiger partial charge in [0.05, 0.1) is 22.0 Å². The molecule has 2 heterocycles. The van der Waals surface area contributed by atoms with Crippen LogP contribution in [0.25, 0.3) is 0 Å². The van der Waals surface area contributed by atoms with E-state index < -0.39 is 0 Å². The summed E-state index contributed by atoms with van der Waals surface area (Å²) in [6.45, 7) is 1.80. The summed E-state index contributed by atoms with van der Waals surface area (Å²) in [6.07, 6.45) is 7.43. The fourth-order valence-electron chi connectivity index (χ4n) is 4.53. The normalized spacial score (nSPS) is 21.2. The Kier molecular flexibility index (Phi) is 5.21. The predicted molar refractivity (Wildman–Crippen MR) is 115 cm³/mol.